The van der Waals surface area contributed by atoms with E-state index in [1.54, 1.807) is 30.3 Å². The van der Waals surface area contributed by atoms with Crippen LogP contribution in [0.2, 0.25) is 0 Å². The number of methoxy groups -OCH3 is 1. The molecule has 0 unspecified atom stereocenters. The summed E-state index contributed by atoms with van der Waals surface area (Å²) in [6, 6.07) is 7.87. The number of hydrogen-bond acceptors (Lipinski definition) is 7. The van der Waals surface area contributed by atoms with E-state index < -0.39 is 11.8 Å². The van der Waals surface area contributed by atoms with E-state index in [1.807, 2.05) is 27.7 Å². The molecule has 2 aromatic rings. The van der Waals surface area contributed by atoms with Crippen molar-refractivity contribution in [1.29, 1.82) is 0 Å². The zero-order valence-corrected chi connectivity index (χ0v) is 19.8. The van der Waals surface area contributed by atoms with E-state index in [-0.39, 0.29) is 5.56 Å². The Morgan fingerprint density at radius 1 is 0.697 bits per heavy atom. The second-order valence-corrected chi connectivity index (χ2v) is 6.72. The van der Waals surface area contributed by atoms with Gasteiger partial charge in [0.05, 0.1) is 33.5 Å². The zero-order chi connectivity index (χ0) is 24.2. The molecule has 33 heavy (non-hydrogen) atoms. The Labute approximate surface area is 194 Å². The number of ether oxygens (including phenoxy) is 5. The fourth-order valence-electron chi connectivity index (χ4n) is 2.92. The Kier molecular flexibility index (Phi) is 10.1. The molecule has 0 atom stereocenters. The van der Waals surface area contributed by atoms with Gasteiger partial charge in [0.15, 0.2) is 23.0 Å². The monoisotopic (exact) mass is 460 g/mol. The van der Waals surface area contributed by atoms with Gasteiger partial charge in [0.2, 0.25) is 5.75 Å². The highest BCUT2D eigenvalue weighted by atomic mass is 16.5. The summed E-state index contributed by atoms with van der Waals surface area (Å²) in [6.45, 7) is 9.21. The minimum Gasteiger partial charge on any atom is -0.493 e. The molecule has 0 radical (unpaired) electrons. The van der Waals surface area contributed by atoms with Crippen LogP contribution in [-0.4, -0.2) is 45.4 Å². The van der Waals surface area contributed by atoms with Gasteiger partial charge in [-0.25, -0.2) is 0 Å². The van der Waals surface area contributed by atoms with Crippen LogP contribution >= 0.6 is 0 Å². The average Bonchev–Trinajstić information content (AvgIpc) is 2.82. The summed E-state index contributed by atoms with van der Waals surface area (Å²) < 4.78 is 27.8. The zero-order valence-electron chi connectivity index (χ0n) is 19.8. The molecule has 0 bridgehead atoms. The molecule has 2 N–H and O–H groups in total. The SMILES string of the molecule is CCCOc1ccc(C(=O)NNC(=O)c2cc(OCC)c(OCC)c(OCC)c2)cc1OC. The van der Waals surface area contributed by atoms with Crippen LogP contribution in [0, 0.1) is 0 Å². The first-order valence-electron chi connectivity index (χ1n) is 11.0. The van der Waals surface area contributed by atoms with Crippen molar-refractivity contribution in [3.05, 3.63) is 41.5 Å². The molecule has 180 valence electrons. The van der Waals surface area contributed by atoms with E-state index in [2.05, 4.69) is 10.9 Å². The maximum atomic E-state index is 12.7. The lowest BCUT2D eigenvalue weighted by Gasteiger charge is -2.17. The normalized spacial score (nSPS) is 10.2. The highest BCUT2D eigenvalue weighted by molar-refractivity contribution is 6.00. The number of benzene rings is 2. The van der Waals surface area contributed by atoms with E-state index in [1.165, 1.54) is 7.11 Å². The quantitative estimate of drug-likeness (QED) is 0.465. The van der Waals surface area contributed by atoms with E-state index in [0.29, 0.717) is 60.7 Å². The number of hydrogen-bond donors (Lipinski definition) is 2. The summed E-state index contributed by atoms with van der Waals surface area (Å²) in [5.41, 5.74) is 5.36. The average molecular weight is 461 g/mol. The van der Waals surface area contributed by atoms with Gasteiger partial charge in [0, 0.05) is 11.1 Å². The van der Waals surface area contributed by atoms with Gasteiger partial charge in [-0.3, -0.25) is 20.4 Å². The predicted octanol–water partition coefficient (Wildman–Crippen LogP) is 3.75. The van der Waals surface area contributed by atoms with Crippen LogP contribution in [0.1, 0.15) is 54.8 Å². The molecule has 0 saturated carbocycles. The molecule has 9 heteroatoms. The molecule has 0 heterocycles. The lowest BCUT2D eigenvalue weighted by Crippen LogP contribution is -2.41. The molecule has 2 amide bonds. The topological polar surface area (TPSA) is 104 Å². The predicted molar refractivity (Wildman–Crippen MR) is 124 cm³/mol. The second-order valence-electron chi connectivity index (χ2n) is 6.72. The summed E-state index contributed by atoms with van der Waals surface area (Å²) in [5.74, 6) is 1.12. The molecule has 0 fully saturated rings. The Bertz CT molecular complexity index is 919. The third-order valence-electron chi connectivity index (χ3n) is 4.35. The highest BCUT2D eigenvalue weighted by Gasteiger charge is 2.19. The van der Waals surface area contributed by atoms with Gasteiger partial charge in [0.1, 0.15) is 0 Å². The van der Waals surface area contributed by atoms with Crippen molar-refractivity contribution in [1.82, 2.24) is 10.9 Å². The minimum absolute atomic E-state index is 0.242. The maximum absolute atomic E-state index is 12.7. The number of amides is 2. The molecule has 0 spiro atoms. The summed E-state index contributed by atoms with van der Waals surface area (Å²) >= 11 is 0. The lowest BCUT2D eigenvalue weighted by atomic mass is 10.1. The van der Waals surface area contributed by atoms with E-state index >= 15 is 0 Å². The van der Waals surface area contributed by atoms with Gasteiger partial charge < -0.3 is 23.7 Å². The van der Waals surface area contributed by atoms with Crippen LogP contribution in [0.4, 0.5) is 0 Å². The Morgan fingerprint density at radius 2 is 1.24 bits per heavy atom. The lowest BCUT2D eigenvalue weighted by molar-refractivity contribution is 0.0846. The van der Waals surface area contributed by atoms with Gasteiger partial charge in [-0.15, -0.1) is 0 Å². The Balaban J connectivity index is 2.17. The Morgan fingerprint density at radius 3 is 1.76 bits per heavy atom. The van der Waals surface area contributed by atoms with Crippen LogP contribution in [0.5, 0.6) is 28.7 Å². The van der Waals surface area contributed by atoms with Crippen molar-refractivity contribution in [3.63, 3.8) is 0 Å². The molecule has 9 nitrogen and oxygen atoms in total. The molecule has 0 aromatic heterocycles. The van der Waals surface area contributed by atoms with Crippen molar-refractivity contribution >= 4 is 11.8 Å². The Hall–Kier alpha value is -3.62. The summed E-state index contributed by atoms with van der Waals surface area (Å²) in [6.07, 6.45) is 0.846. The third kappa shape index (κ3) is 6.93. The summed E-state index contributed by atoms with van der Waals surface area (Å²) in [5, 5.41) is 0. The largest absolute Gasteiger partial charge is 0.493 e. The van der Waals surface area contributed by atoms with Gasteiger partial charge >= 0.3 is 0 Å². The van der Waals surface area contributed by atoms with Crippen LogP contribution in [0.15, 0.2) is 30.3 Å². The van der Waals surface area contributed by atoms with E-state index in [9.17, 15) is 9.59 Å². The van der Waals surface area contributed by atoms with E-state index in [0.717, 1.165) is 6.42 Å². The van der Waals surface area contributed by atoms with Gasteiger partial charge in [-0.2, -0.15) is 0 Å². The molecular formula is C24H32N2O7. The van der Waals surface area contributed by atoms with Crippen LogP contribution in [0.3, 0.4) is 0 Å². The van der Waals surface area contributed by atoms with Crippen molar-refractivity contribution in [2.75, 3.05) is 33.5 Å². The van der Waals surface area contributed by atoms with Crippen LogP contribution < -0.4 is 34.5 Å². The van der Waals surface area contributed by atoms with Crippen molar-refractivity contribution in [2.24, 2.45) is 0 Å². The van der Waals surface area contributed by atoms with Crippen molar-refractivity contribution < 1.29 is 33.3 Å². The summed E-state index contributed by atoms with van der Waals surface area (Å²) in [4.78, 5) is 25.3. The van der Waals surface area contributed by atoms with Gasteiger partial charge in [0.25, 0.3) is 11.8 Å². The number of nitrogens with one attached hydrogen (secondary N) is 2. The molecule has 2 rings (SSSR count). The van der Waals surface area contributed by atoms with Gasteiger partial charge in [-0.05, 0) is 57.5 Å². The number of carbonyl (C=O) groups excluding carboxylic acids is 2. The number of rotatable bonds is 12. The molecule has 0 aliphatic carbocycles. The molecular weight excluding hydrogens is 428 g/mol. The molecule has 2 aromatic carbocycles. The smallest absolute Gasteiger partial charge is 0.269 e. The maximum Gasteiger partial charge on any atom is 0.269 e. The molecule has 0 saturated heterocycles. The first-order valence-corrected chi connectivity index (χ1v) is 11.0. The molecule has 0 aliphatic heterocycles. The van der Waals surface area contributed by atoms with Crippen LogP contribution in [0.25, 0.3) is 0 Å². The standard InChI is InChI=1S/C24H32N2O7/c1-6-12-33-18-11-10-16(13-19(18)29-5)23(27)25-26-24(28)17-14-20(30-7-2)22(32-9-4)21(15-17)31-8-3/h10-11,13-15H,6-9,12H2,1-5H3,(H,25,27)(H,26,28). The fraction of sp³-hybridized carbons (Fsp3) is 0.417. The highest BCUT2D eigenvalue weighted by Crippen LogP contribution is 2.39. The summed E-state index contributed by atoms with van der Waals surface area (Å²) in [7, 11) is 1.50. The van der Waals surface area contributed by atoms with Gasteiger partial charge in [-0.1, -0.05) is 6.92 Å². The van der Waals surface area contributed by atoms with Crippen molar-refractivity contribution in [3.8, 4) is 28.7 Å². The van der Waals surface area contributed by atoms with Crippen molar-refractivity contribution in [2.45, 2.75) is 34.1 Å². The van der Waals surface area contributed by atoms with E-state index in [4.69, 9.17) is 23.7 Å². The minimum atomic E-state index is -0.539. The number of hydrazine groups is 1. The second kappa shape index (κ2) is 13.0. The first kappa shape index (κ1) is 25.6. The molecule has 0 aliphatic rings. The fourth-order valence-corrected chi connectivity index (χ4v) is 2.92. The first-order chi connectivity index (χ1) is 16.0. The van der Waals surface area contributed by atoms with Crippen LogP contribution in [-0.2, 0) is 0 Å². The number of carbonyl (C=O) groups is 2. The third-order valence-corrected chi connectivity index (χ3v) is 4.35.